The topological polar surface area (TPSA) is 49.4 Å². The number of carbonyl (C=O) groups is 2. The average molecular weight is 511 g/mol. The van der Waals surface area contributed by atoms with E-state index in [0.717, 1.165) is 29.9 Å². The zero-order valence-electron chi connectivity index (χ0n) is 19.8. The maximum Gasteiger partial charge on any atom is 0.416 e. The van der Waals surface area contributed by atoms with Gasteiger partial charge >= 0.3 is 6.18 Å². The van der Waals surface area contributed by atoms with Gasteiger partial charge in [-0.1, -0.05) is 54.2 Å². The van der Waals surface area contributed by atoms with Gasteiger partial charge in [0.1, 0.15) is 0 Å². The SMILES string of the molecule is CC(CCc1ccccc1)NC(=O)c1ccc2c(c1)N(C)C(=O)/C(=C/c1ccc(C(F)(F)F)cc1)S2. The van der Waals surface area contributed by atoms with Crippen molar-refractivity contribution in [3.63, 3.8) is 0 Å². The largest absolute Gasteiger partial charge is 0.416 e. The maximum absolute atomic E-state index is 13.0. The molecule has 3 aromatic rings. The van der Waals surface area contributed by atoms with Gasteiger partial charge in [-0.15, -0.1) is 0 Å². The zero-order valence-corrected chi connectivity index (χ0v) is 20.6. The van der Waals surface area contributed by atoms with E-state index in [-0.39, 0.29) is 17.9 Å². The van der Waals surface area contributed by atoms with Gasteiger partial charge in [0.15, 0.2) is 0 Å². The Kier molecular flexibility index (Phi) is 7.54. The number of fused-ring (bicyclic) bond motifs is 1. The molecule has 1 heterocycles. The number of amides is 2. The molecule has 4 rings (SSSR count). The highest BCUT2D eigenvalue weighted by Gasteiger charge is 2.30. The Bertz CT molecular complexity index is 1290. The number of thioether (sulfide) groups is 1. The normalized spacial score (nSPS) is 15.5. The third-order valence-corrected chi connectivity index (χ3v) is 7.02. The quantitative estimate of drug-likeness (QED) is 0.382. The lowest BCUT2D eigenvalue weighted by Crippen LogP contribution is -2.34. The molecule has 0 bridgehead atoms. The Morgan fingerprint density at radius 1 is 1.06 bits per heavy atom. The van der Waals surface area contributed by atoms with Crippen LogP contribution in [0.15, 0.2) is 82.6 Å². The summed E-state index contributed by atoms with van der Waals surface area (Å²) < 4.78 is 38.4. The molecule has 0 aliphatic carbocycles. The fraction of sp³-hybridized carbons (Fsp3) is 0.214. The van der Waals surface area contributed by atoms with E-state index in [1.807, 2.05) is 25.1 Å². The first-order chi connectivity index (χ1) is 17.1. The van der Waals surface area contributed by atoms with Crippen molar-refractivity contribution in [3.05, 3.63) is 100.0 Å². The molecule has 186 valence electrons. The van der Waals surface area contributed by atoms with Gasteiger partial charge in [0, 0.05) is 23.5 Å². The molecule has 0 aromatic heterocycles. The summed E-state index contributed by atoms with van der Waals surface area (Å²) in [5, 5.41) is 3.02. The van der Waals surface area contributed by atoms with Gasteiger partial charge in [-0.05, 0) is 67.3 Å². The highest BCUT2D eigenvalue weighted by Crippen LogP contribution is 2.42. The molecule has 1 aliphatic rings. The van der Waals surface area contributed by atoms with E-state index in [2.05, 4.69) is 17.4 Å². The second-order valence-electron chi connectivity index (χ2n) is 8.68. The molecular weight excluding hydrogens is 485 g/mol. The fourth-order valence-electron chi connectivity index (χ4n) is 3.86. The molecule has 1 unspecified atom stereocenters. The lowest BCUT2D eigenvalue weighted by atomic mass is 10.1. The minimum Gasteiger partial charge on any atom is -0.350 e. The first kappa shape index (κ1) is 25.6. The van der Waals surface area contributed by atoms with Crippen LogP contribution in [0.25, 0.3) is 6.08 Å². The number of benzene rings is 3. The lowest BCUT2D eigenvalue weighted by Gasteiger charge is -2.27. The number of alkyl halides is 3. The monoisotopic (exact) mass is 510 g/mol. The zero-order chi connectivity index (χ0) is 25.9. The molecule has 0 spiro atoms. The van der Waals surface area contributed by atoms with E-state index in [1.54, 1.807) is 31.3 Å². The third kappa shape index (κ3) is 5.99. The number of anilines is 1. The predicted molar refractivity (Wildman–Crippen MR) is 137 cm³/mol. The Labute approximate surface area is 212 Å². The Morgan fingerprint density at radius 3 is 2.42 bits per heavy atom. The summed E-state index contributed by atoms with van der Waals surface area (Å²) in [5.74, 6) is -0.503. The summed E-state index contributed by atoms with van der Waals surface area (Å²) in [7, 11) is 1.62. The van der Waals surface area contributed by atoms with Crippen LogP contribution in [-0.4, -0.2) is 24.9 Å². The summed E-state index contributed by atoms with van der Waals surface area (Å²) in [5.41, 5.74) is 2.03. The third-order valence-electron chi connectivity index (χ3n) is 5.94. The molecule has 3 aromatic carbocycles. The molecule has 1 aliphatic heterocycles. The van der Waals surface area contributed by atoms with E-state index in [4.69, 9.17) is 0 Å². The number of aryl methyl sites for hydroxylation is 1. The Hall–Kier alpha value is -3.52. The van der Waals surface area contributed by atoms with Crippen molar-refractivity contribution in [3.8, 4) is 0 Å². The van der Waals surface area contributed by atoms with Gasteiger partial charge in [0.2, 0.25) is 0 Å². The first-order valence-electron chi connectivity index (χ1n) is 11.5. The van der Waals surface area contributed by atoms with Gasteiger partial charge in [-0.2, -0.15) is 13.2 Å². The molecule has 4 nitrogen and oxygen atoms in total. The van der Waals surface area contributed by atoms with Crippen LogP contribution in [0.3, 0.4) is 0 Å². The summed E-state index contributed by atoms with van der Waals surface area (Å²) >= 11 is 1.23. The number of halogens is 3. The van der Waals surface area contributed by atoms with Crippen molar-refractivity contribution >= 4 is 35.3 Å². The molecule has 36 heavy (non-hydrogen) atoms. The highest BCUT2D eigenvalue weighted by molar-refractivity contribution is 8.04. The van der Waals surface area contributed by atoms with Crippen LogP contribution >= 0.6 is 11.8 Å². The average Bonchev–Trinajstić information content (AvgIpc) is 2.86. The van der Waals surface area contributed by atoms with Crippen LogP contribution in [-0.2, 0) is 17.4 Å². The molecule has 2 amide bonds. The number of carbonyl (C=O) groups excluding carboxylic acids is 2. The maximum atomic E-state index is 13.0. The van der Waals surface area contributed by atoms with Gasteiger partial charge in [0.05, 0.1) is 16.2 Å². The van der Waals surface area contributed by atoms with E-state index in [1.165, 1.54) is 34.4 Å². The van der Waals surface area contributed by atoms with E-state index in [0.29, 0.717) is 21.7 Å². The van der Waals surface area contributed by atoms with Crippen LogP contribution < -0.4 is 10.2 Å². The fourth-order valence-corrected chi connectivity index (χ4v) is 4.95. The van der Waals surface area contributed by atoms with Crippen LogP contribution in [0, 0.1) is 0 Å². The van der Waals surface area contributed by atoms with E-state index >= 15 is 0 Å². The second-order valence-corrected chi connectivity index (χ2v) is 9.76. The van der Waals surface area contributed by atoms with Gasteiger partial charge in [-0.3, -0.25) is 9.59 Å². The van der Waals surface area contributed by atoms with Crippen molar-refractivity contribution in [2.24, 2.45) is 0 Å². The molecule has 0 saturated heterocycles. The number of nitrogens with one attached hydrogen (secondary N) is 1. The van der Waals surface area contributed by atoms with Crippen molar-refractivity contribution < 1.29 is 22.8 Å². The highest BCUT2D eigenvalue weighted by atomic mass is 32.2. The minimum atomic E-state index is -4.41. The summed E-state index contributed by atoms with van der Waals surface area (Å²) in [6.45, 7) is 1.96. The van der Waals surface area contributed by atoms with Crippen LogP contribution in [0.4, 0.5) is 18.9 Å². The number of hydrogen-bond donors (Lipinski definition) is 1. The van der Waals surface area contributed by atoms with Crippen LogP contribution in [0.2, 0.25) is 0 Å². The van der Waals surface area contributed by atoms with E-state index < -0.39 is 11.7 Å². The molecule has 8 heteroatoms. The Morgan fingerprint density at radius 2 is 1.75 bits per heavy atom. The summed E-state index contributed by atoms with van der Waals surface area (Å²) in [6.07, 6.45) is -1.19. The standard InChI is InChI=1S/C28H25F3N2O2S/c1-18(8-9-19-6-4-3-5-7-19)32-26(34)21-12-15-24-23(17-21)33(2)27(35)25(36-24)16-20-10-13-22(14-11-20)28(29,30)31/h3-7,10-18H,8-9H2,1-2H3,(H,32,34)/b25-16-. The first-order valence-corrected chi connectivity index (χ1v) is 12.3. The molecule has 0 saturated carbocycles. The number of rotatable bonds is 6. The Balaban J connectivity index is 1.45. The van der Waals surface area contributed by atoms with Crippen LogP contribution in [0.5, 0.6) is 0 Å². The summed E-state index contributed by atoms with van der Waals surface area (Å²) in [4.78, 5) is 28.4. The van der Waals surface area contributed by atoms with Gasteiger partial charge < -0.3 is 10.2 Å². The molecule has 0 fully saturated rings. The number of nitrogens with zero attached hydrogens (tertiary/aromatic N) is 1. The van der Waals surface area contributed by atoms with E-state index in [9.17, 15) is 22.8 Å². The summed E-state index contributed by atoms with van der Waals surface area (Å²) in [6, 6.07) is 19.9. The number of likely N-dealkylation sites (N-methyl/N-ethyl adjacent to an activating group) is 1. The minimum absolute atomic E-state index is 0.0271. The molecule has 1 atom stereocenters. The van der Waals surface area contributed by atoms with Crippen LogP contribution in [0.1, 0.15) is 40.4 Å². The van der Waals surface area contributed by atoms with Gasteiger partial charge in [-0.25, -0.2) is 0 Å². The molecular formula is C28H25F3N2O2S. The predicted octanol–water partition coefficient (Wildman–Crippen LogP) is 6.57. The second kappa shape index (κ2) is 10.6. The van der Waals surface area contributed by atoms with Crippen molar-refractivity contribution in [2.45, 2.75) is 36.9 Å². The van der Waals surface area contributed by atoms with Crippen molar-refractivity contribution in [1.29, 1.82) is 0 Å². The van der Waals surface area contributed by atoms with Crippen molar-refractivity contribution in [1.82, 2.24) is 5.32 Å². The lowest BCUT2D eigenvalue weighted by molar-refractivity contribution is -0.137. The van der Waals surface area contributed by atoms with Gasteiger partial charge in [0.25, 0.3) is 11.8 Å². The van der Waals surface area contributed by atoms with Crippen molar-refractivity contribution in [2.75, 3.05) is 11.9 Å². The smallest absolute Gasteiger partial charge is 0.350 e. The number of hydrogen-bond acceptors (Lipinski definition) is 3. The molecule has 1 N–H and O–H groups in total. The molecule has 0 radical (unpaired) electrons.